The van der Waals surface area contributed by atoms with Crippen LogP contribution in [0, 0.1) is 6.92 Å². The van der Waals surface area contributed by atoms with Gasteiger partial charge < -0.3 is 15.5 Å². The van der Waals surface area contributed by atoms with Gasteiger partial charge in [-0.05, 0) is 70.1 Å². The third-order valence-electron chi connectivity index (χ3n) is 4.03. The van der Waals surface area contributed by atoms with E-state index in [1.54, 1.807) is 7.05 Å². The minimum absolute atomic E-state index is 0.0317. The molecule has 0 bridgehead atoms. The molecule has 1 aromatic carbocycles. The van der Waals surface area contributed by atoms with Crippen LogP contribution in [0.4, 0.5) is 5.69 Å². The number of carbonyl (C=O) groups excluding carboxylic acids is 1. The normalized spacial score (nSPS) is 20.2. The van der Waals surface area contributed by atoms with Crippen molar-refractivity contribution in [3.8, 4) is 0 Å². The zero-order valence-corrected chi connectivity index (χ0v) is 12.7. The molecule has 1 saturated heterocycles. The van der Waals surface area contributed by atoms with E-state index in [0.717, 1.165) is 23.4 Å². The Bertz CT molecular complexity index is 473. The second kappa shape index (κ2) is 6.75. The number of carbonyl (C=O) groups is 1. The van der Waals surface area contributed by atoms with Gasteiger partial charge in [-0.2, -0.15) is 0 Å². The number of likely N-dealkylation sites (tertiary alicyclic amines) is 1. The highest BCUT2D eigenvalue weighted by Gasteiger charge is 2.15. The Morgan fingerprint density at radius 2 is 2.10 bits per heavy atom. The first kappa shape index (κ1) is 14.9. The maximum absolute atomic E-state index is 11.6. The van der Waals surface area contributed by atoms with Crippen molar-refractivity contribution in [3.05, 3.63) is 29.3 Å². The summed E-state index contributed by atoms with van der Waals surface area (Å²) in [5, 5.41) is 6.29. The Balaban J connectivity index is 2.04. The fraction of sp³-hybridized carbons (Fsp3) is 0.562. The van der Waals surface area contributed by atoms with Gasteiger partial charge in [0.2, 0.25) is 0 Å². The van der Waals surface area contributed by atoms with Crippen LogP contribution in [-0.2, 0) is 0 Å². The van der Waals surface area contributed by atoms with Crippen molar-refractivity contribution in [2.75, 3.05) is 32.5 Å². The van der Waals surface area contributed by atoms with Crippen LogP contribution in [0.5, 0.6) is 0 Å². The molecule has 4 heteroatoms. The van der Waals surface area contributed by atoms with Crippen molar-refractivity contribution in [1.29, 1.82) is 0 Å². The lowest BCUT2D eigenvalue weighted by molar-refractivity contribution is 0.0963. The zero-order chi connectivity index (χ0) is 14.5. The Morgan fingerprint density at radius 1 is 1.30 bits per heavy atom. The molecule has 1 unspecified atom stereocenters. The average molecular weight is 275 g/mol. The molecular formula is C16H25N3O. The summed E-state index contributed by atoms with van der Waals surface area (Å²) in [6.45, 7) is 4.39. The Labute approximate surface area is 121 Å². The van der Waals surface area contributed by atoms with Crippen LogP contribution in [0.15, 0.2) is 18.2 Å². The van der Waals surface area contributed by atoms with Crippen LogP contribution in [-0.4, -0.2) is 44.0 Å². The van der Waals surface area contributed by atoms with Crippen LogP contribution in [0.2, 0.25) is 0 Å². The maximum Gasteiger partial charge on any atom is 0.251 e. The van der Waals surface area contributed by atoms with Crippen LogP contribution < -0.4 is 10.6 Å². The molecule has 0 aromatic heterocycles. The predicted molar refractivity (Wildman–Crippen MR) is 83.3 cm³/mol. The Hall–Kier alpha value is -1.55. The zero-order valence-electron chi connectivity index (χ0n) is 12.7. The van der Waals surface area contributed by atoms with E-state index in [2.05, 4.69) is 29.5 Å². The molecule has 1 atom stereocenters. The molecule has 0 aliphatic carbocycles. The summed E-state index contributed by atoms with van der Waals surface area (Å²) in [7, 11) is 3.84. The van der Waals surface area contributed by atoms with Crippen LogP contribution in [0.1, 0.15) is 35.2 Å². The number of nitrogens with one attached hydrogen (secondary N) is 2. The van der Waals surface area contributed by atoms with Gasteiger partial charge in [-0.1, -0.05) is 0 Å². The van der Waals surface area contributed by atoms with E-state index >= 15 is 0 Å². The Morgan fingerprint density at radius 3 is 2.80 bits per heavy atom. The first-order valence-electron chi connectivity index (χ1n) is 7.38. The fourth-order valence-corrected chi connectivity index (χ4v) is 2.72. The molecular weight excluding hydrogens is 250 g/mol. The lowest BCUT2D eigenvalue weighted by atomic mass is 10.1. The topological polar surface area (TPSA) is 44.4 Å². The van der Waals surface area contributed by atoms with Gasteiger partial charge in [-0.15, -0.1) is 0 Å². The van der Waals surface area contributed by atoms with Crippen molar-refractivity contribution in [3.63, 3.8) is 0 Å². The third-order valence-corrected chi connectivity index (χ3v) is 4.03. The number of benzene rings is 1. The SMILES string of the molecule is CNC(=O)c1ccc(NC2CCCN(C)CC2)c(C)c1. The van der Waals surface area contributed by atoms with Gasteiger partial charge in [0.05, 0.1) is 0 Å². The Kier molecular flexibility index (Phi) is 5.01. The second-order valence-corrected chi connectivity index (χ2v) is 5.68. The van der Waals surface area contributed by atoms with Gasteiger partial charge in [-0.3, -0.25) is 4.79 Å². The van der Waals surface area contributed by atoms with E-state index in [9.17, 15) is 4.79 Å². The lowest BCUT2D eigenvalue weighted by Gasteiger charge is -2.20. The van der Waals surface area contributed by atoms with Gasteiger partial charge in [0, 0.05) is 24.3 Å². The van der Waals surface area contributed by atoms with Crippen LogP contribution >= 0.6 is 0 Å². The number of nitrogens with zero attached hydrogens (tertiary/aromatic N) is 1. The molecule has 1 aliphatic heterocycles. The highest BCUT2D eigenvalue weighted by Crippen LogP contribution is 2.21. The van der Waals surface area contributed by atoms with E-state index in [0.29, 0.717) is 6.04 Å². The molecule has 2 rings (SSSR count). The van der Waals surface area contributed by atoms with E-state index in [1.807, 2.05) is 18.2 Å². The van der Waals surface area contributed by atoms with E-state index in [-0.39, 0.29) is 5.91 Å². The molecule has 0 spiro atoms. The number of rotatable bonds is 3. The van der Waals surface area contributed by atoms with Gasteiger partial charge in [0.1, 0.15) is 0 Å². The fourth-order valence-electron chi connectivity index (χ4n) is 2.72. The number of hydrogen-bond donors (Lipinski definition) is 2. The van der Waals surface area contributed by atoms with Crippen molar-refractivity contribution in [1.82, 2.24) is 10.2 Å². The van der Waals surface area contributed by atoms with Gasteiger partial charge in [-0.25, -0.2) is 0 Å². The molecule has 0 radical (unpaired) electrons. The van der Waals surface area contributed by atoms with Crippen molar-refractivity contribution >= 4 is 11.6 Å². The monoisotopic (exact) mass is 275 g/mol. The van der Waals surface area contributed by atoms with Crippen LogP contribution in [0.3, 0.4) is 0 Å². The third kappa shape index (κ3) is 3.73. The van der Waals surface area contributed by atoms with E-state index in [4.69, 9.17) is 0 Å². The van der Waals surface area contributed by atoms with Gasteiger partial charge in [0.25, 0.3) is 5.91 Å². The standard InChI is InChI=1S/C16H25N3O/c1-12-11-13(16(20)17-2)6-7-15(12)18-14-5-4-9-19(3)10-8-14/h6-7,11,14,18H,4-5,8-10H2,1-3H3,(H,17,20). The largest absolute Gasteiger partial charge is 0.382 e. The second-order valence-electron chi connectivity index (χ2n) is 5.68. The molecule has 4 nitrogen and oxygen atoms in total. The molecule has 20 heavy (non-hydrogen) atoms. The summed E-state index contributed by atoms with van der Waals surface area (Å²) in [5.74, 6) is -0.0317. The summed E-state index contributed by atoms with van der Waals surface area (Å²) in [4.78, 5) is 14.0. The summed E-state index contributed by atoms with van der Waals surface area (Å²) in [5.41, 5.74) is 2.99. The molecule has 1 heterocycles. The van der Waals surface area contributed by atoms with E-state index in [1.165, 1.54) is 25.8 Å². The number of hydrogen-bond acceptors (Lipinski definition) is 3. The smallest absolute Gasteiger partial charge is 0.251 e. The number of anilines is 1. The summed E-state index contributed by atoms with van der Waals surface area (Å²) >= 11 is 0. The summed E-state index contributed by atoms with van der Waals surface area (Å²) in [6, 6.07) is 6.39. The van der Waals surface area contributed by atoms with Crippen molar-refractivity contribution < 1.29 is 4.79 Å². The van der Waals surface area contributed by atoms with Crippen LogP contribution in [0.25, 0.3) is 0 Å². The first-order valence-corrected chi connectivity index (χ1v) is 7.38. The molecule has 1 fully saturated rings. The summed E-state index contributed by atoms with van der Waals surface area (Å²) < 4.78 is 0. The highest BCUT2D eigenvalue weighted by molar-refractivity contribution is 5.94. The first-order chi connectivity index (χ1) is 9.60. The minimum Gasteiger partial charge on any atom is -0.382 e. The molecule has 1 aromatic rings. The summed E-state index contributed by atoms with van der Waals surface area (Å²) in [6.07, 6.45) is 3.62. The molecule has 2 N–H and O–H groups in total. The molecule has 110 valence electrons. The molecule has 1 aliphatic rings. The van der Waals surface area contributed by atoms with Crippen molar-refractivity contribution in [2.24, 2.45) is 0 Å². The number of amides is 1. The highest BCUT2D eigenvalue weighted by atomic mass is 16.1. The average Bonchev–Trinajstić information content (AvgIpc) is 2.65. The minimum atomic E-state index is -0.0317. The molecule has 0 saturated carbocycles. The quantitative estimate of drug-likeness (QED) is 0.889. The number of aryl methyl sites for hydroxylation is 1. The van der Waals surface area contributed by atoms with Gasteiger partial charge >= 0.3 is 0 Å². The van der Waals surface area contributed by atoms with Gasteiger partial charge in [0.15, 0.2) is 0 Å². The van der Waals surface area contributed by atoms with E-state index < -0.39 is 0 Å². The lowest BCUT2D eigenvalue weighted by Crippen LogP contribution is -2.23. The predicted octanol–water partition coefficient (Wildman–Crippen LogP) is 2.25. The van der Waals surface area contributed by atoms with Crippen molar-refractivity contribution in [2.45, 2.75) is 32.2 Å². The maximum atomic E-state index is 11.6. The molecule has 1 amide bonds.